The lowest BCUT2D eigenvalue weighted by Gasteiger charge is -2.31. The highest BCUT2D eigenvalue weighted by molar-refractivity contribution is 5.40. The van der Waals surface area contributed by atoms with E-state index in [4.69, 9.17) is 4.74 Å². The maximum atomic E-state index is 5.48. The number of allylic oxidation sites excluding steroid dienone is 3. The Hall–Kier alpha value is -1.18. The van der Waals surface area contributed by atoms with Gasteiger partial charge in [0.2, 0.25) is 0 Å². The summed E-state index contributed by atoms with van der Waals surface area (Å²) >= 11 is 0. The highest BCUT2D eigenvalue weighted by Crippen LogP contribution is 2.24. The van der Waals surface area contributed by atoms with Crippen LogP contribution >= 0.6 is 0 Å². The molecule has 0 bridgehead atoms. The van der Waals surface area contributed by atoms with Crippen LogP contribution in [0.25, 0.3) is 0 Å². The minimum atomic E-state index is 0.836. The Morgan fingerprint density at radius 2 is 2.42 bits per heavy atom. The van der Waals surface area contributed by atoms with Crippen LogP contribution in [0, 0.1) is 0 Å². The SMILES string of the molecule is C=C1C=C2OCCCN2C=C1C. The first-order valence-electron chi connectivity index (χ1n) is 4.26. The third kappa shape index (κ3) is 1.13. The molecule has 0 N–H and O–H groups in total. The van der Waals surface area contributed by atoms with Crippen LogP contribution in [0.2, 0.25) is 0 Å². The fourth-order valence-corrected chi connectivity index (χ4v) is 1.44. The van der Waals surface area contributed by atoms with Gasteiger partial charge in [-0.3, -0.25) is 0 Å². The Bertz CT molecular complexity index is 276. The maximum absolute atomic E-state index is 5.48. The molecule has 2 rings (SSSR count). The van der Waals surface area contributed by atoms with Crippen molar-refractivity contribution in [3.63, 3.8) is 0 Å². The molecule has 2 nitrogen and oxygen atoms in total. The Labute approximate surface area is 72.8 Å². The number of hydrogen-bond donors (Lipinski definition) is 0. The highest BCUT2D eigenvalue weighted by Gasteiger charge is 2.18. The van der Waals surface area contributed by atoms with E-state index in [0.717, 1.165) is 31.0 Å². The van der Waals surface area contributed by atoms with Gasteiger partial charge in [-0.2, -0.15) is 0 Å². The number of rotatable bonds is 0. The molecule has 0 amide bonds. The largest absolute Gasteiger partial charge is 0.479 e. The fraction of sp³-hybridized carbons (Fsp3) is 0.400. The van der Waals surface area contributed by atoms with Crippen LogP contribution in [0.15, 0.2) is 35.9 Å². The van der Waals surface area contributed by atoms with Crippen LogP contribution in [0.5, 0.6) is 0 Å². The average Bonchev–Trinajstić information content (AvgIpc) is 2.07. The van der Waals surface area contributed by atoms with Crippen LogP contribution in [0.4, 0.5) is 0 Å². The summed E-state index contributed by atoms with van der Waals surface area (Å²) in [4.78, 5) is 2.15. The maximum Gasteiger partial charge on any atom is 0.193 e. The molecular formula is C10H13NO. The van der Waals surface area contributed by atoms with Gasteiger partial charge in [-0.05, 0) is 24.5 Å². The number of nitrogens with zero attached hydrogens (tertiary/aromatic N) is 1. The van der Waals surface area contributed by atoms with Gasteiger partial charge in [0.05, 0.1) is 6.61 Å². The predicted molar refractivity (Wildman–Crippen MR) is 48.3 cm³/mol. The molecule has 0 aromatic rings. The van der Waals surface area contributed by atoms with Crippen molar-refractivity contribution in [1.82, 2.24) is 4.90 Å². The van der Waals surface area contributed by atoms with Gasteiger partial charge in [0.25, 0.3) is 0 Å². The molecule has 64 valence electrons. The van der Waals surface area contributed by atoms with Crippen molar-refractivity contribution >= 4 is 0 Å². The molecule has 2 heterocycles. The van der Waals surface area contributed by atoms with Crippen LogP contribution in [0.1, 0.15) is 13.3 Å². The van der Waals surface area contributed by atoms with Crippen molar-refractivity contribution in [2.24, 2.45) is 0 Å². The Morgan fingerprint density at radius 1 is 1.58 bits per heavy atom. The molecule has 0 atom stereocenters. The molecule has 1 saturated heterocycles. The summed E-state index contributed by atoms with van der Waals surface area (Å²) in [5.41, 5.74) is 2.28. The standard InChI is InChI=1S/C10H13NO/c1-8-6-10-11(7-9(8)2)4-3-5-12-10/h6-7H,1,3-5H2,2H3. The smallest absolute Gasteiger partial charge is 0.193 e. The summed E-state index contributed by atoms with van der Waals surface area (Å²) in [6, 6.07) is 0. The van der Waals surface area contributed by atoms with Gasteiger partial charge in [0.15, 0.2) is 5.88 Å². The lowest BCUT2D eigenvalue weighted by molar-refractivity contribution is 0.0896. The Kier molecular flexibility index (Phi) is 1.68. The van der Waals surface area contributed by atoms with E-state index in [-0.39, 0.29) is 0 Å². The summed E-state index contributed by atoms with van der Waals surface area (Å²) in [6.45, 7) is 7.91. The summed E-state index contributed by atoms with van der Waals surface area (Å²) in [5, 5.41) is 0. The topological polar surface area (TPSA) is 12.5 Å². The molecule has 0 radical (unpaired) electrons. The fourth-order valence-electron chi connectivity index (χ4n) is 1.44. The predicted octanol–water partition coefficient (Wildman–Crippen LogP) is 2.02. The minimum absolute atomic E-state index is 0.836. The second-order valence-electron chi connectivity index (χ2n) is 3.22. The zero-order chi connectivity index (χ0) is 8.55. The third-order valence-corrected chi connectivity index (χ3v) is 2.23. The summed E-state index contributed by atoms with van der Waals surface area (Å²) < 4.78 is 5.48. The zero-order valence-electron chi connectivity index (χ0n) is 7.34. The van der Waals surface area contributed by atoms with Crippen LogP contribution in [0.3, 0.4) is 0 Å². The molecule has 0 aliphatic carbocycles. The molecule has 1 fully saturated rings. The number of hydrogen-bond acceptors (Lipinski definition) is 2. The van der Waals surface area contributed by atoms with E-state index in [2.05, 4.69) is 24.6 Å². The van der Waals surface area contributed by atoms with Gasteiger partial charge < -0.3 is 9.64 Å². The molecule has 12 heavy (non-hydrogen) atoms. The lowest BCUT2D eigenvalue weighted by Crippen LogP contribution is -2.28. The molecule has 0 aromatic heterocycles. The Morgan fingerprint density at radius 3 is 3.25 bits per heavy atom. The summed E-state index contributed by atoms with van der Waals surface area (Å²) in [6.07, 6.45) is 5.22. The van der Waals surface area contributed by atoms with E-state index in [0.29, 0.717) is 0 Å². The first-order chi connectivity index (χ1) is 5.77. The quantitative estimate of drug-likeness (QED) is 0.541. The molecule has 2 aliphatic heterocycles. The van der Waals surface area contributed by atoms with Crippen molar-refractivity contribution in [2.75, 3.05) is 13.2 Å². The monoisotopic (exact) mass is 163 g/mol. The zero-order valence-corrected chi connectivity index (χ0v) is 7.34. The Balaban J connectivity index is 2.26. The second-order valence-corrected chi connectivity index (χ2v) is 3.22. The van der Waals surface area contributed by atoms with E-state index in [9.17, 15) is 0 Å². The minimum Gasteiger partial charge on any atom is -0.479 e. The van der Waals surface area contributed by atoms with E-state index < -0.39 is 0 Å². The molecule has 0 spiro atoms. The molecule has 0 unspecified atom stereocenters. The highest BCUT2D eigenvalue weighted by atomic mass is 16.5. The molecule has 0 saturated carbocycles. The molecule has 0 aromatic carbocycles. The van der Waals surface area contributed by atoms with Crippen LogP contribution in [-0.2, 0) is 4.74 Å². The second kappa shape index (κ2) is 2.70. The van der Waals surface area contributed by atoms with Gasteiger partial charge in [0.1, 0.15) is 0 Å². The van der Waals surface area contributed by atoms with Gasteiger partial charge in [-0.25, -0.2) is 0 Å². The van der Waals surface area contributed by atoms with Crippen molar-refractivity contribution in [3.05, 3.63) is 35.9 Å². The molecular weight excluding hydrogens is 150 g/mol. The number of ether oxygens (including phenoxy) is 1. The van der Waals surface area contributed by atoms with Crippen LogP contribution < -0.4 is 0 Å². The lowest BCUT2D eigenvalue weighted by atomic mass is 10.1. The summed E-state index contributed by atoms with van der Waals surface area (Å²) in [5.74, 6) is 0.955. The average molecular weight is 163 g/mol. The van der Waals surface area contributed by atoms with Crippen molar-refractivity contribution in [3.8, 4) is 0 Å². The normalized spacial score (nSPS) is 22.4. The van der Waals surface area contributed by atoms with Gasteiger partial charge in [-0.1, -0.05) is 6.58 Å². The molecule has 2 aliphatic rings. The van der Waals surface area contributed by atoms with E-state index >= 15 is 0 Å². The van der Waals surface area contributed by atoms with Gasteiger partial charge in [0, 0.05) is 18.8 Å². The van der Waals surface area contributed by atoms with Crippen molar-refractivity contribution in [1.29, 1.82) is 0 Å². The van der Waals surface area contributed by atoms with Crippen molar-refractivity contribution < 1.29 is 4.74 Å². The first kappa shape index (κ1) is 7.47. The van der Waals surface area contributed by atoms with Gasteiger partial charge in [-0.15, -0.1) is 0 Å². The van der Waals surface area contributed by atoms with Crippen molar-refractivity contribution in [2.45, 2.75) is 13.3 Å². The van der Waals surface area contributed by atoms with E-state index in [1.165, 1.54) is 5.57 Å². The summed E-state index contributed by atoms with van der Waals surface area (Å²) in [7, 11) is 0. The van der Waals surface area contributed by atoms with E-state index in [1.807, 2.05) is 6.08 Å². The molecule has 2 heteroatoms. The van der Waals surface area contributed by atoms with Crippen LogP contribution in [-0.4, -0.2) is 18.1 Å². The first-order valence-corrected chi connectivity index (χ1v) is 4.26. The number of fused-ring (bicyclic) bond motifs is 1. The van der Waals surface area contributed by atoms with Gasteiger partial charge >= 0.3 is 0 Å². The third-order valence-electron chi connectivity index (χ3n) is 2.23. The van der Waals surface area contributed by atoms with E-state index in [1.54, 1.807) is 0 Å².